The van der Waals surface area contributed by atoms with Crippen LogP contribution in [0, 0.1) is 24.2 Å². The summed E-state index contributed by atoms with van der Waals surface area (Å²) < 4.78 is 1.70. The van der Waals surface area contributed by atoms with Crippen LogP contribution in [0.5, 0.6) is 0 Å². The molecule has 1 N–H and O–H groups in total. The first-order valence-electron chi connectivity index (χ1n) is 8.22. The predicted molar refractivity (Wildman–Crippen MR) is 96.0 cm³/mol. The minimum atomic E-state index is -0.0700. The van der Waals surface area contributed by atoms with Gasteiger partial charge in [-0.1, -0.05) is 12.1 Å². The molecule has 1 aliphatic rings. The Kier molecular flexibility index (Phi) is 3.91. The Morgan fingerprint density at radius 2 is 2.28 bits per heavy atom. The molecule has 1 aromatic carbocycles. The average Bonchev–Trinajstić information content (AvgIpc) is 3.29. The van der Waals surface area contributed by atoms with Crippen molar-refractivity contribution in [2.75, 3.05) is 6.61 Å². The molecule has 1 aliphatic carbocycles. The number of fused-ring (bicyclic) bond motifs is 1. The molecule has 2 aromatic heterocycles. The third-order valence-electron chi connectivity index (χ3n) is 4.74. The zero-order valence-electron chi connectivity index (χ0n) is 13.8. The van der Waals surface area contributed by atoms with Crippen LogP contribution in [0.3, 0.4) is 0 Å². The summed E-state index contributed by atoms with van der Waals surface area (Å²) in [5.74, 6) is 0.521. The van der Waals surface area contributed by atoms with Crippen molar-refractivity contribution in [1.82, 2.24) is 9.38 Å². The number of hydrogen-bond acceptors (Lipinski definition) is 5. The summed E-state index contributed by atoms with van der Waals surface area (Å²) in [6, 6.07) is 11.1. The van der Waals surface area contributed by atoms with Gasteiger partial charge in [0.15, 0.2) is 4.96 Å². The third-order valence-corrected chi connectivity index (χ3v) is 5.71. The number of rotatable bonds is 4. The molecule has 1 fully saturated rings. The molecule has 1 saturated carbocycles. The molecule has 126 valence electrons. The normalized spacial score (nSPS) is 19.1. The second-order valence-electron chi connectivity index (χ2n) is 6.52. The topological polar surface area (TPSA) is 78.4 Å². The van der Waals surface area contributed by atoms with Crippen LogP contribution in [0.25, 0.3) is 4.96 Å². The van der Waals surface area contributed by atoms with E-state index in [1.54, 1.807) is 16.5 Å². The van der Waals surface area contributed by atoms with Crippen molar-refractivity contribution >= 4 is 16.3 Å². The molecule has 6 heteroatoms. The molecule has 0 unspecified atom stereocenters. The fourth-order valence-corrected chi connectivity index (χ4v) is 4.47. The lowest BCUT2D eigenvalue weighted by molar-refractivity contribution is 0.273. The van der Waals surface area contributed by atoms with Gasteiger partial charge in [0.05, 0.1) is 17.3 Å². The first-order chi connectivity index (χ1) is 12.1. The van der Waals surface area contributed by atoms with Gasteiger partial charge in [0.1, 0.15) is 0 Å². The fraction of sp³-hybridized carbons (Fsp3) is 0.316. The van der Waals surface area contributed by atoms with E-state index in [1.165, 1.54) is 11.3 Å². The molecule has 4 rings (SSSR count). The molecule has 0 spiro atoms. The largest absolute Gasteiger partial charge is 0.396 e. The molecule has 25 heavy (non-hydrogen) atoms. The summed E-state index contributed by atoms with van der Waals surface area (Å²) in [6.45, 7) is 2.17. The van der Waals surface area contributed by atoms with Gasteiger partial charge in [-0.05, 0) is 37.0 Å². The summed E-state index contributed by atoms with van der Waals surface area (Å²) >= 11 is 1.52. The van der Waals surface area contributed by atoms with E-state index in [9.17, 15) is 9.90 Å². The molecule has 0 amide bonds. The third kappa shape index (κ3) is 2.86. The highest BCUT2D eigenvalue weighted by atomic mass is 32.1. The number of nitrogens with zero attached hydrogens (tertiary/aromatic N) is 3. The number of hydrogen-bond donors (Lipinski definition) is 1. The molecule has 0 saturated heterocycles. The van der Waals surface area contributed by atoms with Gasteiger partial charge in [-0.3, -0.25) is 9.20 Å². The number of benzene rings is 1. The van der Waals surface area contributed by atoms with Gasteiger partial charge >= 0.3 is 0 Å². The molecular weight excluding hydrogens is 334 g/mol. The van der Waals surface area contributed by atoms with E-state index in [-0.39, 0.29) is 24.0 Å². The Balaban J connectivity index is 1.73. The smallest absolute Gasteiger partial charge is 0.258 e. The highest BCUT2D eigenvalue weighted by Crippen LogP contribution is 2.49. The number of thiazole rings is 1. The second-order valence-corrected chi connectivity index (χ2v) is 7.70. The van der Waals surface area contributed by atoms with Crippen molar-refractivity contribution in [1.29, 1.82) is 5.26 Å². The van der Waals surface area contributed by atoms with Crippen LogP contribution in [0.4, 0.5) is 0 Å². The van der Waals surface area contributed by atoms with Crippen LogP contribution in [0.2, 0.25) is 0 Å². The van der Waals surface area contributed by atoms with Crippen LogP contribution in [0.1, 0.15) is 39.7 Å². The molecule has 0 aliphatic heterocycles. The van der Waals surface area contributed by atoms with Crippen LogP contribution in [0.15, 0.2) is 35.1 Å². The van der Waals surface area contributed by atoms with Crippen molar-refractivity contribution in [2.45, 2.75) is 25.7 Å². The Hall–Kier alpha value is -2.49. The lowest BCUT2D eigenvalue weighted by Gasteiger charge is -2.04. The minimum absolute atomic E-state index is 0.0700. The number of aryl methyl sites for hydroxylation is 1. The number of aliphatic hydroxyl groups excluding tert-OH is 1. The summed E-state index contributed by atoms with van der Waals surface area (Å²) in [6.07, 6.45) is 1.45. The van der Waals surface area contributed by atoms with E-state index in [1.807, 2.05) is 25.1 Å². The lowest BCUT2D eigenvalue weighted by Crippen LogP contribution is -2.17. The van der Waals surface area contributed by atoms with Crippen LogP contribution >= 0.6 is 11.3 Å². The molecule has 5 nitrogen and oxygen atoms in total. The molecule has 0 bridgehead atoms. The molecular formula is C19H17N3O2S. The van der Waals surface area contributed by atoms with E-state index in [0.717, 1.165) is 22.6 Å². The van der Waals surface area contributed by atoms with Gasteiger partial charge in [0.25, 0.3) is 5.56 Å². The summed E-state index contributed by atoms with van der Waals surface area (Å²) in [5.41, 5.74) is 3.22. The van der Waals surface area contributed by atoms with Crippen molar-refractivity contribution in [3.05, 3.63) is 68.1 Å². The van der Waals surface area contributed by atoms with E-state index < -0.39 is 0 Å². The van der Waals surface area contributed by atoms with Crippen LogP contribution in [-0.4, -0.2) is 21.1 Å². The molecule has 2 heterocycles. The molecule has 3 aromatic rings. The van der Waals surface area contributed by atoms with Gasteiger partial charge in [0.2, 0.25) is 0 Å². The Labute approximate surface area is 148 Å². The maximum Gasteiger partial charge on any atom is 0.258 e. The highest BCUT2D eigenvalue weighted by molar-refractivity contribution is 7.17. The Bertz CT molecular complexity index is 1060. The SMILES string of the molecule is Cc1sc2nc(Cc3cccc(C#N)c3)cc(=O)n2c1[C@@H]1C[C@H]1CO. The summed E-state index contributed by atoms with van der Waals surface area (Å²) in [5, 5.41) is 18.3. The van der Waals surface area contributed by atoms with Crippen molar-refractivity contribution < 1.29 is 5.11 Å². The maximum atomic E-state index is 12.7. The number of aromatic nitrogens is 2. The van der Waals surface area contributed by atoms with Gasteiger partial charge in [-0.15, -0.1) is 11.3 Å². The molecule has 2 atom stereocenters. The van der Waals surface area contributed by atoms with E-state index >= 15 is 0 Å². The van der Waals surface area contributed by atoms with Gasteiger partial charge in [0, 0.05) is 35.6 Å². The quantitative estimate of drug-likeness (QED) is 0.784. The Morgan fingerprint density at radius 3 is 3.00 bits per heavy atom. The first-order valence-corrected chi connectivity index (χ1v) is 9.04. The van der Waals surface area contributed by atoms with Gasteiger partial charge < -0.3 is 5.11 Å². The predicted octanol–water partition coefficient (Wildman–Crippen LogP) is 2.62. The van der Waals surface area contributed by atoms with Gasteiger partial charge in [-0.2, -0.15) is 5.26 Å². The van der Waals surface area contributed by atoms with E-state index in [4.69, 9.17) is 5.26 Å². The molecule has 0 radical (unpaired) electrons. The highest BCUT2D eigenvalue weighted by Gasteiger charge is 2.41. The number of nitriles is 1. The van der Waals surface area contributed by atoms with Crippen molar-refractivity contribution in [3.8, 4) is 6.07 Å². The van der Waals surface area contributed by atoms with Crippen molar-refractivity contribution in [2.24, 2.45) is 5.92 Å². The van der Waals surface area contributed by atoms with E-state index in [0.29, 0.717) is 22.6 Å². The fourth-order valence-electron chi connectivity index (χ4n) is 3.41. The van der Waals surface area contributed by atoms with Crippen molar-refractivity contribution in [3.63, 3.8) is 0 Å². The average molecular weight is 351 g/mol. The summed E-state index contributed by atoms with van der Waals surface area (Å²) in [4.78, 5) is 19.2. The van der Waals surface area contributed by atoms with Crippen LogP contribution in [-0.2, 0) is 6.42 Å². The maximum absolute atomic E-state index is 12.7. The van der Waals surface area contributed by atoms with Gasteiger partial charge in [-0.25, -0.2) is 4.98 Å². The zero-order valence-corrected chi connectivity index (χ0v) is 14.6. The lowest BCUT2D eigenvalue weighted by atomic mass is 10.1. The number of aliphatic hydroxyl groups is 1. The first kappa shape index (κ1) is 16.0. The zero-order chi connectivity index (χ0) is 17.6. The second kappa shape index (κ2) is 6.10. The summed E-state index contributed by atoms with van der Waals surface area (Å²) in [7, 11) is 0. The monoisotopic (exact) mass is 351 g/mol. The Morgan fingerprint density at radius 1 is 1.44 bits per heavy atom. The van der Waals surface area contributed by atoms with E-state index in [2.05, 4.69) is 11.1 Å². The minimum Gasteiger partial charge on any atom is -0.396 e. The standard InChI is InChI=1S/C19H17N3O2S/c1-11-18(16-7-14(16)10-23)22-17(24)8-15(21-19(22)25-11)6-12-3-2-4-13(5-12)9-20/h2-5,8,14,16,23H,6-7,10H2,1H3/t14-,16+/m0/s1. The van der Waals surface area contributed by atoms with Crippen LogP contribution < -0.4 is 5.56 Å².